The van der Waals surface area contributed by atoms with Gasteiger partial charge in [-0.1, -0.05) is 34.3 Å². The Labute approximate surface area is 161 Å². The molecule has 0 aromatic rings. The molecule has 7 heteroatoms. The summed E-state index contributed by atoms with van der Waals surface area (Å²) in [6, 6.07) is 0. The third kappa shape index (κ3) is 10.2. The predicted octanol–water partition coefficient (Wildman–Crippen LogP) is 3.39. The van der Waals surface area contributed by atoms with Crippen LogP contribution in [0.4, 0.5) is 0 Å². The van der Waals surface area contributed by atoms with Crippen molar-refractivity contribution >= 4 is 58.3 Å². The molecule has 2 nitrogen and oxygen atoms in total. The normalized spacial score (nSPS) is 19.2. The summed E-state index contributed by atoms with van der Waals surface area (Å²) in [5.41, 5.74) is 0. The molecule has 2 heterocycles. The van der Waals surface area contributed by atoms with Crippen LogP contribution in [0, 0.1) is 0 Å². The monoisotopic (exact) mass is 406 g/mol. The van der Waals surface area contributed by atoms with Crippen LogP contribution in [-0.2, 0) is 41.7 Å². The Morgan fingerprint density at radius 3 is 1.00 bits per heavy atom. The fourth-order valence-electron chi connectivity index (χ4n) is 2.51. The first-order valence-electron chi connectivity index (χ1n) is 7.53. The van der Waals surface area contributed by atoms with Gasteiger partial charge in [-0.2, -0.15) is 0 Å². The van der Waals surface area contributed by atoms with Crippen LogP contribution in [0.3, 0.4) is 0 Å². The Bertz CT molecular complexity index is 269. The first kappa shape index (κ1) is 21.7. The Balaban J connectivity index is 0.000000364. The van der Waals surface area contributed by atoms with E-state index in [1.165, 1.54) is 51.4 Å². The molecule has 0 aliphatic carbocycles. The van der Waals surface area contributed by atoms with Crippen molar-refractivity contribution in [3.05, 3.63) is 0 Å². The van der Waals surface area contributed by atoms with E-state index in [0.717, 1.165) is 26.2 Å². The number of thiocarbonyl (C=S) groups is 2. The fraction of sp³-hybridized carbons (Fsp3) is 0.857. The molecule has 0 saturated carbocycles. The summed E-state index contributed by atoms with van der Waals surface area (Å²) >= 11 is 19.7. The molecule has 0 N–H and O–H groups in total. The van der Waals surface area contributed by atoms with Gasteiger partial charge in [0.25, 0.3) is 0 Å². The molecule has 0 spiro atoms. The fourth-order valence-corrected chi connectivity index (χ4v) is 3.24. The molecule has 0 aromatic carbocycles. The van der Waals surface area contributed by atoms with Gasteiger partial charge in [-0.15, -0.1) is 0 Å². The van der Waals surface area contributed by atoms with E-state index in [0.29, 0.717) is 8.64 Å². The third-order valence-corrected chi connectivity index (χ3v) is 4.76. The van der Waals surface area contributed by atoms with Crippen molar-refractivity contribution in [2.45, 2.75) is 51.4 Å². The van der Waals surface area contributed by atoms with E-state index < -0.39 is 0 Å². The first-order valence-corrected chi connectivity index (χ1v) is 9.16. The second-order valence-corrected chi connectivity index (χ2v) is 7.40. The zero-order chi connectivity index (χ0) is 14.8. The van der Waals surface area contributed by atoms with Crippen LogP contribution in [0.1, 0.15) is 51.4 Å². The molecule has 2 aliphatic heterocycles. The Hall–Kier alpha value is 0.714. The summed E-state index contributed by atoms with van der Waals surface area (Å²) in [5, 5.41) is 0. The molecule has 2 rings (SSSR count). The zero-order valence-corrected chi connectivity index (χ0v) is 16.6. The van der Waals surface area contributed by atoms with E-state index in [9.17, 15) is 0 Å². The summed E-state index contributed by atoms with van der Waals surface area (Å²) < 4.78 is 1.31. The van der Waals surface area contributed by atoms with Gasteiger partial charge in [0.15, 0.2) is 0 Å². The maximum Gasteiger partial charge on any atom is 2.00 e. The standard InChI is InChI=1S/2C7H13NS2.Ni/c2*9-7(10)8-5-3-1-2-4-6-8;/h2*1-6H2,(H,9,10);/q;;+2/p-2. The van der Waals surface area contributed by atoms with Crippen molar-refractivity contribution in [2.75, 3.05) is 26.2 Å². The molecule has 0 amide bonds. The van der Waals surface area contributed by atoms with Crippen molar-refractivity contribution in [3.63, 3.8) is 0 Å². The van der Waals surface area contributed by atoms with Crippen molar-refractivity contribution in [3.8, 4) is 0 Å². The van der Waals surface area contributed by atoms with Gasteiger partial charge in [-0.25, -0.2) is 0 Å². The molecule has 0 atom stereocenters. The van der Waals surface area contributed by atoms with E-state index in [2.05, 4.69) is 9.80 Å². The summed E-state index contributed by atoms with van der Waals surface area (Å²) in [6.07, 6.45) is 10.4. The zero-order valence-electron chi connectivity index (χ0n) is 12.3. The van der Waals surface area contributed by atoms with E-state index >= 15 is 0 Å². The molecule has 0 unspecified atom stereocenters. The summed E-state index contributed by atoms with van der Waals surface area (Å²) in [5.74, 6) is 0. The first-order chi connectivity index (χ1) is 9.61. The Morgan fingerprint density at radius 2 is 0.810 bits per heavy atom. The minimum Gasteiger partial charge on any atom is -0.411 e. The van der Waals surface area contributed by atoms with Gasteiger partial charge in [0.05, 0.1) is 0 Å². The quantitative estimate of drug-likeness (QED) is 0.343. The average molecular weight is 407 g/mol. The number of nitrogens with zero attached hydrogens (tertiary/aromatic N) is 2. The van der Waals surface area contributed by atoms with E-state index in [1.54, 1.807) is 0 Å². The average Bonchev–Trinajstić information content (AvgIpc) is 2.84. The van der Waals surface area contributed by atoms with Gasteiger partial charge in [0.2, 0.25) is 0 Å². The molecule has 124 valence electrons. The second kappa shape index (κ2) is 13.2. The Kier molecular flexibility index (Phi) is 13.6. The minimum absolute atomic E-state index is 0. The van der Waals surface area contributed by atoms with Gasteiger partial charge < -0.3 is 59.5 Å². The number of likely N-dealkylation sites (tertiary alicyclic amines) is 2. The van der Waals surface area contributed by atoms with Gasteiger partial charge in [0, 0.05) is 26.2 Å². The van der Waals surface area contributed by atoms with Crippen LogP contribution < -0.4 is 0 Å². The predicted molar refractivity (Wildman–Crippen MR) is 100 cm³/mol. The molecular formula is C14H24N2NiS4. The van der Waals surface area contributed by atoms with Crippen molar-refractivity contribution < 1.29 is 16.5 Å². The number of hydrogen-bond donors (Lipinski definition) is 0. The van der Waals surface area contributed by atoms with Crippen molar-refractivity contribution in [1.82, 2.24) is 9.80 Å². The second-order valence-electron chi connectivity index (χ2n) is 5.33. The van der Waals surface area contributed by atoms with Crippen LogP contribution in [0.15, 0.2) is 0 Å². The summed E-state index contributed by atoms with van der Waals surface area (Å²) in [4.78, 5) is 4.27. The third-order valence-electron chi connectivity index (χ3n) is 3.73. The molecular weight excluding hydrogens is 383 g/mol. The molecule has 0 aromatic heterocycles. The van der Waals surface area contributed by atoms with E-state index in [4.69, 9.17) is 49.7 Å². The van der Waals surface area contributed by atoms with Crippen LogP contribution in [0.25, 0.3) is 0 Å². The molecule has 2 saturated heterocycles. The molecule has 2 aliphatic rings. The van der Waals surface area contributed by atoms with E-state index in [-0.39, 0.29) is 16.5 Å². The molecule has 0 bridgehead atoms. The smallest absolute Gasteiger partial charge is 0.411 e. The number of hydrogen-bond acceptors (Lipinski definition) is 4. The molecule has 2 fully saturated rings. The van der Waals surface area contributed by atoms with Crippen LogP contribution >= 0.6 is 24.4 Å². The number of rotatable bonds is 0. The minimum atomic E-state index is 0. The van der Waals surface area contributed by atoms with Crippen LogP contribution in [0.2, 0.25) is 0 Å². The van der Waals surface area contributed by atoms with Crippen LogP contribution in [0.5, 0.6) is 0 Å². The van der Waals surface area contributed by atoms with Gasteiger partial charge in [0.1, 0.15) is 0 Å². The summed E-state index contributed by atoms with van der Waals surface area (Å²) in [7, 11) is 0. The van der Waals surface area contributed by atoms with Gasteiger partial charge in [-0.3, -0.25) is 0 Å². The largest absolute Gasteiger partial charge is 2.00 e. The maximum absolute atomic E-state index is 4.92. The van der Waals surface area contributed by atoms with Crippen molar-refractivity contribution in [2.24, 2.45) is 0 Å². The Morgan fingerprint density at radius 1 is 0.571 bits per heavy atom. The molecule has 21 heavy (non-hydrogen) atoms. The maximum atomic E-state index is 4.92. The SMILES string of the molecule is S=C([S-])N1CCCCCC1.S=C([S-])N1CCCCCC1.[Ni+2]. The van der Waals surface area contributed by atoms with Crippen molar-refractivity contribution in [1.29, 1.82) is 0 Å². The van der Waals surface area contributed by atoms with Gasteiger partial charge >= 0.3 is 16.5 Å². The van der Waals surface area contributed by atoms with Gasteiger partial charge in [-0.05, 0) is 25.7 Å². The van der Waals surface area contributed by atoms with E-state index in [1.807, 2.05) is 0 Å². The molecule has 0 radical (unpaired) electrons. The van der Waals surface area contributed by atoms with Crippen LogP contribution in [-0.4, -0.2) is 44.6 Å². The topological polar surface area (TPSA) is 6.48 Å². The summed E-state index contributed by atoms with van der Waals surface area (Å²) in [6.45, 7) is 4.34.